The molecule has 0 aliphatic carbocycles. The van der Waals surface area contributed by atoms with E-state index in [1.54, 1.807) is 12.3 Å². The molecule has 0 bridgehead atoms. The number of likely N-dealkylation sites (N-methyl/N-ethyl adjacent to an activating group) is 1. The Morgan fingerprint density at radius 1 is 1.09 bits per heavy atom. The molecule has 1 aromatic heterocycles. The maximum absolute atomic E-state index is 13.3. The number of aliphatic imine (C=N–C) groups is 1. The third kappa shape index (κ3) is 18.0. The predicted molar refractivity (Wildman–Crippen MR) is 245 cm³/mol. The van der Waals surface area contributed by atoms with Gasteiger partial charge in [0.15, 0.2) is 5.84 Å². The lowest BCUT2D eigenvalue weighted by Crippen LogP contribution is -2.37. The number of nitrogens with one attached hydrogen (secondary N) is 1. The topological polar surface area (TPSA) is 94.9 Å². The number of hydrogen-bond acceptors (Lipinski definition) is 8. The fourth-order valence-corrected chi connectivity index (χ4v) is 5.63. The number of unbranched alkanes of at least 4 members (excludes halogenated alkanes) is 1. The molecule has 1 N–H and O–H groups in total. The molecule has 2 atom stereocenters. The minimum Gasteiger partial charge on any atom is -0.491 e. The fraction of sp³-hybridized carbons (Fsp3) is 0.500. The van der Waals surface area contributed by atoms with Crippen molar-refractivity contribution in [2.45, 2.75) is 101 Å². The van der Waals surface area contributed by atoms with Gasteiger partial charge in [-0.15, -0.1) is 12.3 Å². The van der Waals surface area contributed by atoms with Crippen LogP contribution in [-0.2, 0) is 4.79 Å². The number of hydrazone groups is 1. The van der Waals surface area contributed by atoms with Gasteiger partial charge in [-0.25, -0.2) is 9.98 Å². The highest BCUT2D eigenvalue weighted by Gasteiger charge is 2.20. The first kappa shape index (κ1) is 49.0. The van der Waals surface area contributed by atoms with E-state index in [9.17, 15) is 4.79 Å². The van der Waals surface area contributed by atoms with E-state index in [1.165, 1.54) is 0 Å². The van der Waals surface area contributed by atoms with Gasteiger partial charge in [-0.05, 0) is 115 Å². The van der Waals surface area contributed by atoms with Gasteiger partial charge in [-0.1, -0.05) is 59.6 Å². The largest absolute Gasteiger partial charge is 0.491 e. The zero-order chi connectivity index (χ0) is 42.9. The molecule has 2 aromatic rings. The lowest BCUT2D eigenvalue weighted by Gasteiger charge is -2.28. The van der Waals surface area contributed by atoms with Crippen LogP contribution in [0.2, 0.25) is 0 Å². The minimum atomic E-state index is 0.0644. The maximum atomic E-state index is 13.3. The third-order valence-electron chi connectivity index (χ3n) is 9.53. The lowest BCUT2D eigenvalue weighted by atomic mass is 10.0. The summed E-state index contributed by atoms with van der Waals surface area (Å²) >= 11 is 0. The van der Waals surface area contributed by atoms with Crippen molar-refractivity contribution in [3.63, 3.8) is 0 Å². The number of hydrogen-bond donors (Lipinski definition) is 1. The van der Waals surface area contributed by atoms with Crippen molar-refractivity contribution >= 4 is 23.6 Å². The second-order valence-electron chi connectivity index (χ2n) is 14.9. The second kappa shape index (κ2) is 27.5. The van der Waals surface area contributed by atoms with Gasteiger partial charge in [-0.2, -0.15) is 5.10 Å². The van der Waals surface area contributed by atoms with Crippen LogP contribution in [0.25, 0.3) is 0 Å². The number of aromatic nitrogens is 1. The summed E-state index contributed by atoms with van der Waals surface area (Å²) < 4.78 is 12.7. The van der Waals surface area contributed by atoms with Crippen molar-refractivity contribution in [1.29, 1.82) is 0 Å². The van der Waals surface area contributed by atoms with Crippen LogP contribution in [0.4, 0.5) is 5.69 Å². The number of benzene rings is 1. The molecule has 0 saturated carbocycles. The number of anilines is 1. The number of aryl methyl sites for hydroxylation is 3. The van der Waals surface area contributed by atoms with Gasteiger partial charge in [-0.3, -0.25) is 9.80 Å². The first-order valence-corrected chi connectivity index (χ1v) is 21.0. The number of amidine groups is 1. The van der Waals surface area contributed by atoms with Crippen molar-refractivity contribution in [3.8, 4) is 23.8 Å². The molecule has 1 aliphatic rings. The molecule has 3 rings (SSSR count). The molecule has 1 aliphatic heterocycles. The molecule has 2 heterocycles. The van der Waals surface area contributed by atoms with E-state index in [4.69, 9.17) is 25.9 Å². The molecule has 10 heteroatoms. The van der Waals surface area contributed by atoms with E-state index in [0.29, 0.717) is 31.4 Å². The molecule has 1 aromatic carbocycles. The Labute approximate surface area is 350 Å². The highest BCUT2D eigenvalue weighted by Crippen LogP contribution is 2.27. The maximum Gasteiger partial charge on any atom is 0.246 e. The number of rotatable bonds is 21. The quantitative estimate of drug-likeness (QED) is 0.0582. The number of terminal acetylenes is 1. The number of pyridine rings is 1. The summed E-state index contributed by atoms with van der Waals surface area (Å²) in [6.07, 6.45) is 25.8. The Bertz CT molecular complexity index is 1780. The number of allylic oxidation sites excluding steroid dienone is 2. The van der Waals surface area contributed by atoms with Crippen LogP contribution in [-0.4, -0.2) is 84.6 Å². The van der Waals surface area contributed by atoms with Crippen molar-refractivity contribution in [2.75, 3.05) is 52.2 Å². The van der Waals surface area contributed by atoms with Crippen LogP contribution in [0.1, 0.15) is 103 Å². The summed E-state index contributed by atoms with van der Waals surface area (Å²) in [6, 6.07) is 8.07. The highest BCUT2D eigenvalue weighted by atomic mass is 16.5. The number of carbonyl (C=O) groups excluding carboxylic acids is 1. The number of nitrogens with zero attached hydrogens (tertiary/aromatic N) is 6. The van der Waals surface area contributed by atoms with Gasteiger partial charge in [0, 0.05) is 62.4 Å². The van der Waals surface area contributed by atoms with Gasteiger partial charge in [0.1, 0.15) is 23.0 Å². The summed E-state index contributed by atoms with van der Waals surface area (Å²) in [5.74, 6) is 6.21. The van der Waals surface area contributed by atoms with Crippen molar-refractivity contribution in [2.24, 2.45) is 21.9 Å². The van der Waals surface area contributed by atoms with Gasteiger partial charge >= 0.3 is 0 Å². The first-order chi connectivity index (χ1) is 27.9. The fourth-order valence-electron chi connectivity index (χ4n) is 5.63. The smallest absolute Gasteiger partial charge is 0.246 e. The van der Waals surface area contributed by atoms with Gasteiger partial charge in [0.25, 0.3) is 0 Å². The molecule has 0 radical (unpaired) electrons. The molecule has 0 fully saturated rings. The molecular formula is C48H71N7O3. The van der Waals surface area contributed by atoms with Crippen LogP contribution in [0.3, 0.4) is 0 Å². The van der Waals surface area contributed by atoms with E-state index >= 15 is 0 Å². The summed E-state index contributed by atoms with van der Waals surface area (Å²) in [4.78, 5) is 27.2. The van der Waals surface area contributed by atoms with E-state index in [-0.39, 0.29) is 11.8 Å². The molecule has 316 valence electrons. The minimum absolute atomic E-state index is 0.0644. The SMILES string of the molecule is C#CCC.C/C=N\N1C=CC(Oc2ccc(NC(=N/C=C/CCC)c3nc(C)c(OCC(CC)CN(CCC(C)CC)C(=O)/C=C/CN(C)C)cc3C)cc2C)=CC1. The summed E-state index contributed by atoms with van der Waals surface area (Å²) in [5.41, 5.74) is 4.36. The highest BCUT2D eigenvalue weighted by molar-refractivity contribution is 6.08. The Morgan fingerprint density at radius 2 is 1.84 bits per heavy atom. The van der Waals surface area contributed by atoms with Crippen molar-refractivity contribution < 1.29 is 14.3 Å². The van der Waals surface area contributed by atoms with Crippen LogP contribution in [0.15, 0.2) is 82.9 Å². The molecule has 2 unspecified atom stereocenters. The zero-order valence-electron chi connectivity index (χ0n) is 37.3. The van der Waals surface area contributed by atoms with Crippen LogP contribution in [0.5, 0.6) is 11.5 Å². The summed E-state index contributed by atoms with van der Waals surface area (Å²) in [6.45, 7) is 21.9. The van der Waals surface area contributed by atoms with Gasteiger partial charge < -0.3 is 24.6 Å². The van der Waals surface area contributed by atoms with Crippen molar-refractivity contribution in [1.82, 2.24) is 19.8 Å². The molecular weight excluding hydrogens is 723 g/mol. The van der Waals surface area contributed by atoms with Crippen LogP contribution in [0, 0.1) is 45.0 Å². The average Bonchev–Trinajstić information content (AvgIpc) is 3.21. The Kier molecular flexibility index (Phi) is 23.2. The number of carbonyl (C=O) groups is 1. The second-order valence-corrected chi connectivity index (χ2v) is 14.9. The Balaban J connectivity index is 0.00000276. The van der Waals surface area contributed by atoms with Crippen molar-refractivity contribution in [3.05, 3.63) is 95.3 Å². The number of ether oxygens (including phenoxy) is 2. The Hall–Kier alpha value is -5.14. The average molecular weight is 794 g/mol. The Morgan fingerprint density at radius 3 is 2.45 bits per heavy atom. The molecule has 58 heavy (non-hydrogen) atoms. The summed E-state index contributed by atoms with van der Waals surface area (Å²) in [5, 5.41) is 9.66. The van der Waals surface area contributed by atoms with Crippen LogP contribution >= 0.6 is 0 Å². The molecule has 0 spiro atoms. The van der Waals surface area contributed by atoms with E-state index in [2.05, 4.69) is 56.2 Å². The standard InChI is InChI=1S/C44H65N7O3.C4H6/c1-11-15-16-24-45-44(48-38-19-20-40(34(6)29-38)54-39-22-27-51(28-23-39)46-14-4)43-35(7)30-41(36(8)47-43)53-32-37(13-3)31-50(26-21-33(5)12-2)42(52)18-17-25-49(9)10;1-3-4-2/h14,16-20,22-24,27,29-30,33,37H,11-13,15,21,25-26,28,31-32H2,1-10H3,(H,45,48);1H,4H2,2H3/b18-17+,24-16+,46-14-;. The molecule has 1 amide bonds. The third-order valence-corrected chi connectivity index (χ3v) is 9.53. The summed E-state index contributed by atoms with van der Waals surface area (Å²) in [7, 11) is 4.00. The predicted octanol–water partition coefficient (Wildman–Crippen LogP) is 10.1. The van der Waals surface area contributed by atoms with Gasteiger partial charge in [0.05, 0.1) is 18.8 Å². The lowest BCUT2D eigenvalue weighted by molar-refractivity contribution is -0.127. The van der Waals surface area contributed by atoms with Gasteiger partial charge in [0.2, 0.25) is 5.91 Å². The monoisotopic (exact) mass is 794 g/mol. The van der Waals surface area contributed by atoms with E-state index < -0.39 is 0 Å². The molecule has 0 saturated heterocycles. The zero-order valence-corrected chi connectivity index (χ0v) is 37.3. The first-order valence-electron chi connectivity index (χ1n) is 21.0. The van der Waals surface area contributed by atoms with E-state index in [0.717, 1.165) is 97.1 Å². The van der Waals surface area contributed by atoms with E-state index in [1.807, 2.05) is 112 Å². The molecule has 10 nitrogen and oxygen atoms in total. The van der Waals surface area contributed by atoms with Crippen LogP contribution < -0.4 is 14.8 Å². The normalized spacial score (nSPS) is 14.0. The number of amides is 1.